The third-order valence-corrected chi connectivity index (χ3v) is 3.96. The van der Waals surface area contributed by atoms with E-state index in [1.807, 2.05) is 0 Å². The number of aliphatic hydroxyl groups excluding tert-OH is 1. The Morgan fingerprint density at radius 1 is 1.38 bits per heavy atom. The molecule has 1 amide bonds. The second-order valence-corrected chi connectivity index (χ2v) is 5.66. The Hall–Kier alpha value is -1.95. The van der Waals surface area contributed by atoms with Crippen LogP contribution >= 0.6 is 0 Å². The van der Waals surface area contributed by atoms with Gasteiger partial charge in [-0.25, -0.2) is 0 Å². The zero-order valence-electron chi connectivity index (χ0n) is 12.0. The van der Waals surface area contributed by atoms with E-state index in [-0.39, 0.29) is 17.4 Å². The van der Waals surface area contributed by atoms with Crippen molar-refractivity contribution in [3.8, 4) is 0 Å². The highest BCUT2D eigenvalue weighted by atomic mass is 16.6. The van der Waals surface area contributed by atoms with E-state index < -0.39 is 10.8 Å². The van der Waals surface area contributed by atoms with Gasteiger partial charge < -0.3 is 10.4 Å². The molecule has 1 aliphatic carbocycles. The highest BCUT2D eigenvalue weighted by Crippen LogP contribution is 2.24. The fourth-order valence-electron chi connectivity index (χ4n) is 2.67. The van der Waals surface area contributed by atoms with Crippen LogP contribution in [-0.4, -0.2) is 28.6 Å². The number of carbonyl (C=O) groups is 1. The molecular formula is C15H20N2O4. The summed E-state index contributed by atoms with van der Waals surface area (Å²) in [6.07, 6.45) is 3.03. The van der Waals surface area contributed by atoms with Crippen LogP contribution in [0.15, 0.2) is 18.2 Å². The number of nitrogens with one attached hydrogen (secondary N) is 1. The van der Waals surface area contributed by atoms with Crippen LogP contribution in [0.4, 0.5) is 5.69 Å². The van der Waals surface area contributed by atoms with Gasteiger partial charge in [0, 0.05) is 12.6 Å². The molecule has 0 spiro atoms. The van der Waals surface area contributed by atoms with Crippen molar-refractivity contribution in [2.45, 2.75) is 38.7 Å². The number of aryl methyl sites for hydroxylation is 1. The number of benzene rings is 1. The van der Waals surface area contributed by atoms with Crippen LogP contribution in [0, 0.1) is 23.0 Å². The Kier molecular flexibility index (Phi) is 4.90. The smallest absolute Gasteiger partial charge is 0.282 e. The Morgan fingerprint density at radius 3 is 2.67 bits per heavy atom. The van der Waals surface area contributed by atoms with Crippen LogP contribution < -0.4 is 5.32 Å². The molecule has 0 aliphatic heterocycles. The van der Waals surface area contributed by atoms with E-state index in [2.05, 4.69) is 5.32 Å². The number of amides is 1. The first kappa shape index (κ1) is 15.4. The van der Waals surface area contributed by atoms with Crippen LogP contribution in [0.1, 0.15) is 41.6 Å². The monoisotopic (exact) mass is 292 g/mol. The van der Waals surface area contributed by atoms with Crippen LogP contribution in [0.25, 0.3) is 0 Å². The summed E-state index contributed by atoms with van der Waals surface area (Å²) in [6, 6.07) is 4.52. The summed E-state index contributed by atoms with van der Waals surface area (Å²) in [7, 11) is 0. The lowest BCUT2D eigenvalue weighted by atomic mass is 9.87. The van der Waals surface area contributed by atoms with E-state index >= 15 is 0 Å². The molecule has 2 N–H and O–H groups in total. The first-order valence-electron chi connectivity index (χ1n) is 7.18. The number of hydrogen-bond donors (Lipinski definition) is 2. The van der Waals surface area contributed by atoms with Gasteiger partial charge >= 0.3 is 0 Å². The van der Waals surface area contributed by atoms with Gasteiger partial charge in [0.1, 0.15) is 5.56 Å². The zero-order valence-corrected chi connectivity index (χ0v) is 12.0. The number of nitrogens with zero attached hydrogens (tertiary/aromatic N) is 1. The van der Waals surface area contributed by atoms with Gasteiger partial charge in [-0.15, -0.1) is 0 Å². The maximum atomic E-state index is 12.2. The Labute approximate surface area is 123 Å². The van der Waals surface area contributed by atoms with Crippen molar-refractivity contribution in [2.24, 2.45) is 5.92 Å². The molecule has 1 aromatic carbocycles. The summed E-state index contributed by atoms with van der Waals surface area (Å²) in [4.78, 5) is 22.6. The van der Waals surface area contributed by atoms with Crippen molar-refractivity contribution < 1.29 is 14.8 Å². The molecule has 0 saturated heterocycles. The molecule has 21 heavy (non-hydrogen) atoms. The predicted octanol–water partition coefficient (Wildman–Crippen LogP) is 2.18. The summed E-state index contributed by atoms with van der Waals surface area (Å²) in [5.74, 6) is -0.0715. The average molecular weight is 292 g/mol. The van der Waals surface area contributed by atoms with Crippen LogP contribution in [0.3, 0.4) is 0 Å². The predicted molar refractivity (Wildman–Crippen MR) is 78.1 cm³/mol. The van der Waals surface area contributed by atoms with Crippen molar-refractivity contribution in [3.05, 3.63) is 39.4 Å². The molecule has 0 radical (unpaired) electrons. The molecule has 0 atom stereocenters. The molecule has 0 unspecified atom stereocenters. The van der Waals surface area contributed by atoms with Gasteiger partial charge in [-0.2, -0.15) is 0 Å². The number of carbonyl (C=O) groups excluding carboxylic acids is 1. The third kappa shape index (κ3) is 4.01. The summed E-state index contributed by atoms with van der Waals surface area (Å²) in [5.41, 5.74) is 0.750. The molecule has 1 aromatic rings. The quantitative estimate of drug-likeness (QED) is 0.657. The lowest BCUT2D eigenvalue weighted by Gasteiger charge is -2.25. The Morgan fingerprint density at radius 2 is 2.05 bits per heavy atom. The Balaban J connectivity index is 2.00. The fraction of sp³-hybridized carbons (Fsp3) is 0.533. The lowest BCUT2D eigenvalue weighted by Crippen LogP contribution is -2.32. The van der Waals surface area contributed by atoms with Gasteiger partial charge in [0.05, 0.1) is 11.0 Å². The van der Waals surface area contributed by atoms with Crippen molar-refractivity contribution in [1.82, 2.24) is 5.32 Å². The third-order valence-electron chi connectivity index (χ3n) is 3.96. The second-order valence-electron chi connectivity index (χ2n) is 5.66. The number of rotatable bonds is 4. The maximum Gasteiger partial charge on any atom is 0.282 e. The molecule has 6 heteroatoms. The summed E-state index contributed by atoms with van der Waals surface area (Å²) >= 11 is 0. The molecule has 1 saturated carbocycles. The molecule has 6 nitrogen and oxygen atoms in total. The van der Waals surface area contributed by atoms with Gasteiger partial charge in [-0.1, -0.05) is 6.07 Å². The normalized spacial score (nSPS) is 21.8. The minimum Gasteiger partial charge on any atom is -0.393 e. The van der Waals surface area contributed by atoms with Crippen LogP contribution in [0.5, 0.6) is 0 Å². The highest BCUT2D eigenvalue weighted by Gasteiger charge is 2.23. The van der Waals surface area contributed by atoms with Crippen molar-refractivity contribution in [1.29, 1.82) is 0 Å². The van der Waals surface area contributed by atoms with Gasteiger partial charge in [0.15, 0.2) is 0 Å². The number of aliphatic hydroxyl groups is 1. The first-order chi connectivity index (χ1) is 9.97. The average Bonchev–Trinajstić information content (AvgIpc) is 2.46. The van der Waals surface area contributed by atoms with E-state index in [0.717, 1.165) is 31.2 Å². The number of nitro benzene ring substituents is 1. The lowest BCUT2D eigenvalue weighted by molar-refractivity contribution is -0.385. The summed E-state index contributed by atoms with van der Waals surface area (Å²) < 4.78 is 0. The van der Waals surface area contributed by atoms with Gasteiger partial charge in [0.2, 0.25) is 0 Å². The molecule has 0 aromatic heterocycles. The highest BCUT2D eigenvalue weighted by molar-refractivity contribution is 5.98. The molecule has 1 fully saturated rings. The number of hydrogen-bond acceptors (Lipinski definition) is 4. The summed E-state index contributed by atoms with van der Waals surface area (Å²) in [5, 5.41) is 23.2. The van der Waals surface area contributed by atoms with Crippen LogP contribution in [-0.2, 0) is 0 Å². The topological polar surface area (TPSA) is 92.5 Å². The van der Waals surface area contributed by atoms with E-state index in [4.69, 9.17) is 0 Å². The Bertz CT molecular complexity index is 536. The van der Waals surface area contributed by atoms with Crippen molar-refractivity contribution in [3.63, 3.8) is 0 Å². The summed E-state index contributed by atoms with van der Waals surface area (Å²) in [6.45, 7) is 2.29. The molecule has 114 valence electrons. The van der Waals surface area contributed by atoms with E-state index in [9.17, 15) is 20.0 Å². The molecular weight excluding hydrogens is 272 g/mol. The van der Waals surface area contributed by atoms with E-state index in [0.29, 0.717) is 12.5 Å². The maximum absolute atomic E-state index is 12.2. The fourth-order valence-corrected chi connectivity index (χ4v) is 2.67. The molecule has 0 bridgehead atoms. The van der Waals surface area contributed by atoms with Gasteiger partial charge in [-0.05, 0) is 50.2 Å². The first-order valence-corrected chi connectivity index (χ1v) is 7.18. The van der Waals surface area contributed by atoms with Crippen molar-refractivity contribution >= 4 is 11.6 Å². The van der Waals surface area contributed by atoms with E-state index in [1.165, 1.54) is 12.1 Å². The minimum atomic E-state index is -0.536. The minimum absolute atomic E-state index is 0.107. The van der Waals surface area contributed by atoms with Gasteiger partial charge in [-0.3, -0.25) is 14.9 Å². The molecule has 2 rings (SSSR count). The zero-order chi connectivity index (χ0) is 15.4. The number of nitro groups is 1. The largest absolute Gasteiger partial charge is 0.393 e. The SMILES string of the molecule is Cc1ccc([N+](=O)[O-])c(C(=O)NCC2CCC(O)CC2)c1. The molecule has 1 aliphatic rings. The van der Waals surface area contributed by atoms with Crippen molar-refractivity contribution in [2.75, 3.05) is 6.54 Å². The van der Waals surface area contributed by atoms with Crippen LogP contribution in [0.2, 0.25) is 0 Å². The van der Waals surface area contributed by atoms with E-state index in [1.54, 1.807) is 13.0 Å². The standard InChI is InChI=1S/C15H20N2O4/c1-10-2-7-14(17(20)21)13(8-10)15(19)16-9-11-3-5-12(18)6-4-11/h2,7-8,11-12,18H,3-6,9H2,1H3,(H,16,19). The van der Waals surface area contributed by atoms with Gasteiger partial charge in [0.25, 0.3) is 11.6 Å². The molecule has 0 heterocycles. The second kappa shape index (κ2) is 6.67.